The normalized spacial score (nSPS) is 22.5. The maximum Gasteiger partial charge on any atom is 0.290 e. The molecule has 0 bridgehead atoms. The molecule has 0 aromatic heterocycles. The molecule has 2 aromatic carbocycles. The van der Waals surface area contributed by atoms with Crippen LogP contribution >= 0.6 is 11.6 Å². The average Bonchev–Trinajstić information content (AvgIpc) is 3.29. The Morgan fingerprint density at radius 2 is 1.90 bits per heavy atom. The van der Waals surface area contributed by atoms with Gasteiger partial charge in [-0.1, -0.05) is 29.8 Å². The first-order valence-electron chi connectivity index (χ1n) is 10.0. The highest BCUT2D eigenvalue weighted by Gasteiger charge is 2.48. The van der Waals surface area contributed by atoms with Crippen molar-refractivity contribution in [3.05, 3.63) is 64.4 Å². The van der Waals surface area contributed by atoms with Gasteiger partial charge in [0.05, 0.1) is 13.2 Å². The van der Waals surface area contributed by atoms with Crippen molar-refractivity contribution in [2.45, 2.75) is 19.5 Å². The first kappa shape index (κ1) is 23.0. The molecule has 2 aromatic rings. The zero-order chi connectivity index (χ0) is 22.5. The molecule has 1 amide bonds. The van der Waals surface area contributed by atoms with Crippen LogP contribution in [0.5, 0.6) is 5.75 Å². The summed E-state index contributed by atoms with van der Waals surface area (Å²) in [5.74, 6) is 1.33. The van der Waals surface area contributed by atoms with Crippen LogP contribution in [0.25, 0.3) is 0 Å². The van der Waals surface area contributed by atoms with Crippen LogP contribution in [-0.4, -0.2) is 54.0 Å². The summed E-state index contributed by atoms with van der Waals surface area (Å²) in [5.41, 5.74) is 1.67. The molecule has 1 N–H and O–H groups in total. The van der Waals surface area contributed by atoms with Crippen molar-refractivity contribution in [1.82, 2.24) is 9.80 Å². The molecule has 4 rings (SSSR count). The van der Waals surface area contributed by atoms with Crippen LogP contribution in [0.2, 0.25) is 5.02 Å². The number of fused-ring (bicyclic) bond motifs is 1. The molecule has 2 fully saturated rings. The number of carboxylic acid groups (broad SMARTS) is 1. The summed E-state index contributed by atoms with van der Waals surface area (Å²) in [6.07, 6.45) is 0. The van der Waals surface area contributed by atoms with Crippen molar-refractivity contribution in [3.8, 4) is 5.75 Å². The van der Waals surface area contributed by atoms with Crippen LogP contribution < -0.4 is 4.74 Å². The molecule has 0 saturated carbocycles. The van der Waals surface area contributed by atoms with E-state index in [2.05, 4.69) is 4.90 Å². The third kappa shape index (κ3) is 4.99. The molecule has 3 atom stereocenters. The quantitative estimate of drug-likeness (QED) is 0.719. The molecular formula is C23H26ClFN2O4. The summed E-state index contributed by atoms with van der Waals surface area (Å²) in [6, 6.07) is 12.8. The first-order chi connectivity index (χ1) is 14.9. The van der Waals surface area contributed by atoms with E-state index in [-0.39, 0.29) is 24.2 Å². The molecule has 6 nitrogen and oxygen atoms in total. The van der Waals surface area contributed by atoms with Crippen LogP contribution in [0, 0.1) is 17.7 Å². The number of ether oxygens (including phenoxy) is 1. The minimum atomic E-state index is -0.262. The van der Waals surface area contributed by atoms with Gasteiger partial charge in [0, 0.05) is 49.6 Å². The number of carbonyl (C=O) groups excluding carboxylic acids is 1. The van der Waals surface area contributed by atoms with E-state index in [1.807, 2.05) is 29.2 Å². The minimum absolute atomic E-state index is 0.0366. The first-order valence-corrected chi connectivity index (χ1v) is 10.4. The predicted octanol–water partition coefficient (Wildman–Crippen LogP) is 3.84. The Morgan fingerprint density at radius 1 is 1.23 bits per heavy atom. The molecule has 0 unspecified atom stereocenters. The fourth-order valence-corrected chi connectivity index (χ4v) is 4.95. The van der Waals surface area contributed by atoms with E-state index in [0.717, 1.165) is 30.9 Å². The van der Waals surface area contributed by atoms with Crippen LogP contribution in [0.4, 0.5) is 4.39 Å². The summed E-state index contributed by atoms with van der Waals surface area (Å²) in [4.78, 5) is 24.9. The molecule has 2 aliphatic rings. The highest BCUT2D eigenvalue weighted by Crippen LogP contribution is 2.45. The van der Waals surface area contributed by atoms with Crippen molar-refractivity contribution in [2.75, 3.05) is 26.7 Å². The third-order valence-corrected chi connectivity index (χ3v) is 6.40. The Hall–Kier alpha value is -2.64. The predicted molar refractivity (Wildman–Crippen MR) is 115 cm³/mol. The molecule has 2 heterocycles. The molecule has 8 heteroatoms. The maximum absolute atomic E-state index is 14.2. The Labute approximate surface area is 186 Å². The van der Waals surface area contributed by atoms with Crippen molar-refractivity contribution in [3.63, 3.8) is 0 Å². The monoisotopic (exact) mass is 448 g/mol. The van der Waals surface area contributed by atoms with E-state index in [1.165, 1.54) is 6.07 Å². The number of rotatable bonds is 4. The number of amides is 1. The largest absolute Gasteiger partial charge is 0.497 e. The second-order valence-corrected chi connectivity index (χ2v) is 8.22. The summed E-state index contributed by atoms with van der Waals surface area (Å²) in [7, 11) is 1.64. The molecule has 0 radical (unpaired) electrons. The Bertz CT molecular complexity index is 904. The van der Waals surface area contributed by atoms with E-state index in [1.54, 1.807) is 26.2 Å². The van der Waals surface area contributed by atoms with Gasteiger partial charge in [-0.15, -0.1) is 0 Å². The molecule has 2 saturated heterocycles. The van der Waals surface area contributed by atoms with Crippen LogP contribution in [0.15, 0.2) is 42.5 Å². The van der Waals surface area contributed by atoms with Gasteiger partial charge in [0.1, 0.15) is 11.6 Å². The van der Waals surface area contributed by atoms with Gasteiger partial charge in [-0.05, 0) is 35.7 Å². The zero-order valence-corrected chi connectivity index (χ0v) is 18.3. The number of benzene rings is 2. The van der Waals surface area contributed by atoms with E-state index >= 15 is 0 Å². The molecule has 166 valence electrons. The van der Waals surface area contributed by atoms with Crippen molar-refractivity contribution in [2.24, 2.45) is 11.8 Å². The van der Waals surface area contributed by atoms with E-state index in [4.69, 9.17) is 26.2 Å². The lowest BCUT2D eigenvalue weighted by Gasteiger charge is -2.29. The lowest BCUT2D eigenvalue weighted by atomic mass is 9.89. The van der Waals surface area contributed by atoms with Crippen molar-refractivity contribution < 1.29 is 23.8 Å². The lowest BCUT2D eigenvalue weighted by Crippen LogP contribution is -2.34. The summed E-state index contributed by atoms with van der Waals surface area (Å²) in [5, 5.41) is 7.36. The average molecular weight is 449 g/mol. The molecule has 0 aliphatic carbocycles. The second-order valence-electron chi connectivity index (χ2n) is 7.81. The lowest BCUT2D eigenvalue weighted by molar-refractivity contribution is -0.130. The highest BCUT2D eigenvalue weighted by molar-refractivity contribution is 6.31. The smallest absolute Gasteiger partial charge is 0.290 e. The zero-order valence-electron chi connectivity index (χ0n) is 17.5. The number of carbonyl (C=O) groups is 2. The summed E-state index contributed by atoms with van der Waals surface area (Å²) in [6.45, 7) is 4.27. The standard InChI is InChI=1S/C22H24ClFN2O2.CH2O2/c1-14(27)26-11-16-10-25(13-19-20(23)4-3-5-21(19)24)12-18(16)22(26)15-6-8-17(28-2)9-7-15;2-1-3/h3-9,16,18,22H,10-13H2,1-2H3;1H,(H,2,3)/t16-,18-,22+;/m1./s1. The third-order valence-electron chi connectivity index (χ3n) is 6.04. The van der Waals surface area contributed by atoms with E-state index < -0.39 is 0 Å². The molecule has 2 aliphatic heterocycles. The van der Waals surface area contributed by atoms with Crippen LogP contribution in [0.3, 0.4) is 0 Å². The fraction of sp³-hybridized carbons (Fsp3) is 0.391. The molecule has 0 spiro atoms. The number of likely N-dealkylation sites (tertiary alicyclic amines) is 2. The van der Waals surface area contributed by atoms with Gasteiger partial charge in [-0.3, -0.25) is 14.5 Å². The highest BCUT2D eigenvalue weighted by atomic mass is 35.5. The van der Waals surface area contributed by atoms with Crippen molar-refractivity contribution in [1.29, 1.82) is 0 Å². The number of hydrogen-bond acceptors (Lipinski definition) is 4. The van der Waals surface area contributed by atoms with Gasteiger partial charge in [-0.25, -0.2) is 4.39 Å². The van der Waals surface area contributed by atoms with E-state index in [9.17, 15) is 9.18 Å². The van der Waals surface area contributed by atoms with Crippen molar-refractivity contribution >= 4 is 24.0 Å². The van der Waals surface area contributed by atoms with Gasteiger partial charge in [0.15, 0.2) is 0 Å². The van der Waals surface area contributed by atoms with Gasteiger partial charge >= 0.3 is 0 Å². The topological polar surface area (TPSA) is 70.1 Å². The Morgan fingerprint density at radius 3 is 2.48 bits per heavy atom. The fourth-order valence-electron chi connectivity index (χ4n) is 4.73. The number of hydrogen-bond donors (Lipinski definition) is 1. The summed E-state index contributed by atoms with van der Waals surface area (Å²) >= 11 is 6.22. The number of halogens is 2. The van der Waals surface area contributed by atoms with Gasteiger partial charge in [-0.2, -0.15) is 0 Å². The van der Waals surface area contributed by atoms with E-state index in [0.29, 0.717) is 29.0 Å². The minimum Gasteiger partial charge on any atom is -0.497 e. The Kier molecular flexibility index (Phi) is 7.51. The summed E-state index contributed by atoms with van der Waals surface area (Å²) < 4.78 is 19.5. The second kappa shape index (κ2) is 10.1. The molecular weight excluding hydrogens is 423 g/mol. The number of nitrogens with zero attached hydrogens (tertiary/aromatic N) is 2. The van der Waals surface area contributed by atoms with Gasteiger partial charge < -0.3 is 14.7 Å². The van der Waals surface area contributed by atoms with Crippen LogP contribution in [-0.2, 0) is 16.1 Å². The van der Waals surface area contributed by atoms with Gasteiger partial charge in [0.2, 0.25) is 5.91 Å². The SMILES string of the molecule is COc1ccc([C@H]2[C@@H]3CN(Cc4c(F)cccc4Cl)C[C@@H]3CN2C(C)=O)cc1.O=CO. The Balaban J connectivity index is 0.000000858. The number of methoxy groups -OCH3 is 1. The molecule has 31 heavy (non-hydrogen) atoms. The van der Waals surface area contributed by atoms with Gasteiger partial charge in [0.25, 0.3) is 6.47 Å². The van der Waals surface area contributed by atoms with Crippen LogP contribution in [0.1, 0.15) is 24.1 Å². The maximum atomic E-state index is 14.2.